The summed E-state index contributed by atoms with van der Waals surface area (Å²) >= 11 is 0. The molecule has 0 aromatic heterocycles. The molecule has 0 heterocycles. The maximum atomic E-state index is 12.3. The minimum Gasteiger partial charge on any atom is -0.508 e. The van der Waals surface area contributed by atoms with Crippen molar-refractivity contribution >= 4 is 35.2 Å². The number of hydrogen-bond acceptors (Lipinski definition) is 6. The lowest BCUT2D eigenvalue weighted by Crippen LogP contribution is -2.04. The van der Waals surface area contributed by atoms with Crippen molar-refractivity contribution in [2.24, 2.45) is 0 Å². The number of carbonyl (C=O) groups excluding carboxylic acids is 2. The maximum Gasteiger partial charge on any atom is 0.338 e. The van der Waals surface area contributed by atoms with Gasteiger partial charge >= 0.3 is 11.9 Å². The molecular weight excluding hydrogens is 408 g/mol. The molecule has 32 heavy (non-hydrogen) atoms. The van der Waals surface area contributed by atoms with Crippen LogP contribution in [0, 0.1) is 0 Å². The van der Waals surface area contributed by atoms with Crippen LogP contribution >= 0.6 is 0 Å². The van der Waals surface area contributed by atoms with Gasteiger partial charge in [0.2, 0.25) is 0 Å². The summed E-state index contributed by atoms with van der Waals surface area (Å²) in [5, 5.41) is 19.0. The average molecular weight is 430 g/mol. The normalized spacial score (nSPS) is 11.7. The molecule has 0 atom stereocenters. The highest BCUT2D eigenvalue weighted by atomic mass is 16.5. The first-order valence-corrected chi connectivity index (χ1v) is 9.70. The molecule has 0 saturated carbocycles. The second kappa shape index (κ2) is 10.1. The Kier molecular flexibility index (Phi) is 7.08. The highest BCUT2D eigenvalue weighted by Crippen LogP contribution is 2.24. The van der Waals surface area contributed by atoms with E-state index in [1.807, 2.05) is 0 Å². The Bertz CT molecular complexity index is 1060. The summed E-state index contributed by atoms with van der Waals surface area (Å²) in [5.41, 5.74) is 3.41. The second-order valence-electron chi connectivity index (χ2n) is 6.86. The van der Waals surface area contributed by atoms with Crippen molar-refractivity contribution in [2.45, 2.75) is 0 Å². The third kappa shape index (κ3) is 5.43. The van der Waals surface area contributed by atoms with Crippen molar-refractivity contribution in [3.8, 4) is 11.5 Å². The van der Waals surface area contributed by atoms with Gasteiger partial charge in [0.15, 0.2) is 0 Å². The fraction of sp³-hybridized carbons (Fsp3) is 0.0769. The van der Waals surface area contributed by atoms with Crippen molar-refractivity contribution in [1.29, 1.82) is 0 Å². The number of ether oxygens (including phenoxy) is 2. The van der Waals surface area contributed by atoms with Crippen LogP contribution in [0.4, 0.5) is 0 Å². The largest absolute Gasteiger partial charge is 0.508 e. The number of carbonyl (C=O) groups is 2. The molecule has 0 aliphatic rings. The van der Waals surface area contributed by atoms with E-state index in [9.17, 15) is 19.8 Å². The standard InChI is InChI=1S/C26H22O6/c1-31-25(29)23(19-7-11-21(27)12-8-19)15-17-3-5-18(6-4-17)16-24(26(30)32-2)20-9-13-22(28)14-10-20/h3-16,27-28H,1-2H3. The van der Waals surface area contributed by atoms with E-state index in [2.05, 4.69) is 0 Å². The maximum absolute atomic E-state index is 12.3. The molecule has 0 radical (unpaired) electrons. The van der Waals surface area contributed by atoms with Crippen LogP contribution in [0.1, 0.15) is 22.3 Å². The molecule has 0 aliphatic heterocycles. The zero-order valence-electron chi connectivity index (χ0n) is 17.6. The highest BCUT2D eigenvalue weighted by Gasteiger charge is 2.14. The number of phenols is 2. The SMILES string of the molecule is COC(=O)C(=Cc1ccc(C=C(C(=O)OC)c2ccc(O)cc2)cc1)c1ccc(O)cc1. The molecule has 0 spiro atoms. The number of aromatic hydroxyl groups is 2. The Hall–Kier alpha value is -4.32. The molecule has 6 nitrogen and oxygen atoms in total. The lowest BCUT2D eigenvalue weighted by molar-refractivity contribution is -0.134. The molecule has 3 aromatic rings. The highest BCUT2D eigenvalue weighted by molar-refractivity contribution is 6.22. The summed E-state index contributed by atoms with van der Waals surface area (Å²) in [6.45, 7) is 0. The lowest BCUT2D eigenvalue weighted by atomic mass is 10.00. The van der Waals surface area contributed by atoms with Crippen molar-refractivity contribution in [1.82, 2.24) is 0 Å². The number of esters is 2. The first-order valence-electron chi connectivity index (χ1n) is 9.70. The summed E-state index contributed by atoms with van der Waals surface area (Å²) in [6, 6.07) is 19.8. The van der Waals surface area contributed by atoms with E-state index in [0.717, 1.165) is 11.1 Å². The zero-order valence-corrected chi connectivity index (χ0v) is 17.6. The van der Waals surface area contributed by atoms with Crippen LogP contribution < -0.4 is 0 Å². The Labute approximate surface area is 185 Å². The van der Waals surface area contributed by atoms with E-state index >= 15 is 0 Å². The van der Waals surface area contributed by atoms with E-state index in [1.54, 1.807) is 60.7 Å². The van der Waals surface area contributed by atoms with Gasteiger partial charge in [0.25, 0.3) is 0 Å². The third-order valence-electron chi connectivity index (χ3n) is 4.73. The first-order chi connectivity index (χ1) is 15.4. The molecule has 2 N–H and O–H groups in total. The van der Waals surface area contributed by atoms with Gasteiger partial charge in [0.1, 0.15) is 11.5 Å². The predicted octanol–water partition coefficient (Wildman–Crippen LogP) is 4.53. The monoisotopic (exact) mass is 430 g/mol. The minimum atomic E-state index is -0.500. The summed E-state index contributed by atoms with van der Waals surface area (Å²) < 4.78 is 9.79. The van der Waals surface area contributed by atoms with Crippen LogP contribution in [-0.2, 0) is 19.1 Å². The molecule has 0 unspecified atom stereocenters. The molecule has 0 aliphatic carbocycles. The average Bonchev–Trinajstić information content (AvgIpc) is 2.82. The summed E-state index contributed by atoms with van der Waals surface area (Å²) in [5.74, 6) is -0.798. The molecule has 0 saturated heterocycles. The van der Waals surface area contributed by atoms with Crippen LogP contribution in [0.5, 0.6) is 11.5 Å². The number of phenolic OH excluding ortho intramolecular Hbond substituents is 2. The van der Waals surface area contributed by atoms with Gasteiger partial charge in [-0.25, -0.2) is 9.59 Å². The fourth-order valence-electron chi connectivity index (χ4n) is 3.04. The smallest absolute Gasteiger partial charge is 0.338 e. The predicted molar refractivity (Wildman–Crippen MR) is 122 cm³/mol. The number of hydrogen-bond donors (Lipinski definition) is 2. The number of methoxy groups -OCH3 is 2. The van der Waals surface area contributed by atoms with Gasteiger partial charge in [-0.15, -0.1) is 0 Å². The molecule has 162 valence electrons. The van der Waals surface area contributed by atoms with Crippen LogP contribution in [0.25, 0.3) is 23.3 Å². The Morgan fingerprint density at radius 2 is 0.906 bits per heavy atom. The lowest BCUT2D eigenvalue weighted by Gasteiger charge is -2.08. The van der Waals surface area contributed by atoms with Gasteiger partial charge in [0.05, 0.1) is 25.4 Å². The second-order valence-corrected chi connectivity index (χ2v) is 6.86. The molecule has 3 aromatic carbocycles. The van der Waals surface area contributed by atoms with Gasteiger partial charge in [-0.1, -0.05) is 48.5 Å². The number of benzene rings is 3. The minimum absolute atomic E-state index is 0.101. The van der Waals surface area contributed by atoms with Crippen LogP contribution in [-0.4, -0.2) is 36.4 Å². The van der Waals surface area contributed by atoms with E-state index in [1.165, 1.54) is 38.5 Å². The number of rotatable bonds is 6. The van der Waals surface area contributed by atoms with E-state index in [-0.39, 0.29) is 11.5 Å². The van der Waals surface area contributed by atoms with Gasteiger partial charge in [-0.2, -0.15) is 0 Å². The summed E-state index contributed by atoms with van der Waals surface area (Å²) in [7, 11) is 2.62. The summed E-state index contributed by atoms with van der Waals surface area (Å²) in [6.07, 6.45) is 3.37. The Morgan fingerprint density at radius 1 is 0.594 bits per heavy atom. The molecule has 0 amide bonds. The quantitative estimate of drug-likeness (QED) is 0.339. The van der Waals surface area contributed by atoms with Crippen molar-refractivity contribution in [2.75, 3.05) is 14.2 Å². The van der Waals surface area contributed by atoms with Crippen molar-refractivity contribution in [3.63, 3.8) is 0 Å². The van der Waals surface area contributed by atoms with Gasteiger partial charge in [-0.05, 0) is 58.7 Å². The molecule has 6 heteroatoms. The first kappa shape index (κ1) is 22.4. The molecular formula is C26H22O6. The third-order valence-corrected chi connectivity index (χ3v) is 4.73. The van der Waals surface area contributed by atoms with E-state index in [4.69, 9.17) is 9.47 Å². The zero-order chi connectivity index (χ0) is 23.1. The molecule has 3 rings (SSSR count). The van der Waals surface area contributed by atoms with Gasteiger partial charge < -0.3 is 19.7 Å². The van der Waals surface area contributed by atoms with E-state index in [0.29, 0.717) is 22.3 Å². The molecule has 0 bridgehead atoms. The Balaban J connectivity index is 1.95. The molecule has 0 fully saturated rings. The van der Waals surface area contributed by atoms with Crippen LogP contribution in [0.15, 0.2) is 72.8 Å². The van der Waals surface area contributed by atoms with Crippen molar-refractivity contribution in [3.05, 3.63) is 95.1 Å². The summed E-state index contributed by atoms with van der Waals surface area (Å²) in [4.78, 5) is 24.5. The fourth-order valence-corrected chi connectivity index (χ4v) is 3.04. The van der Waals surface area contributed by atoms with Gasteiger partial charge in [-0.3, -0.25) is 0 Å². The van der Waals surface area contributed by atoms with Crippen molar-refractivity contribution < 1.29 is 29.3 Å². The van der Waals surface area contributed by atoms with Gasteiger partial charge in [0, 0.05) is 0 Å². The van der Waals surface area contributed by atoms with E-state index < -0.39 is 11.9 Å². The Morgan fingerprint density at radius 3 is 1.19 bits per heavy atom. The van der Waals surface area contributed by atoms with Crippen LogP contribution in [0.3, 0.4) is 0 Å². The topological polar surface area (TPSA) is 93.1 Å². The van der Waals surface area contributed by atoms with Crippen LogP contribution in [0.2, 0.25) is 0 Å².